The molecule has 0 bridgehead atoms. The van der Waals surface area contributed by atoms with Crippen molar-refractivity contribution in [1.29, 1.82) is 0 Å². The van der Waals surface area contributed by atoms with Gasteiger partial charge in [0.2, 0.25) is 5.91 Å². The SMILES string of the molecule is Cn1c(SCC(=O)NCC(F)(F)F)nc2scc(-c3cccs3)c2c1=O. The zero-order valence-corrected chi connectivity index (χ0v) is 15.7. The van der Waals surface area contributed by atoms with E-state index in [0.717, 1.165) is 22.2 Å². The molecule has 138 valence electrons. The molecule has 26 heavy (non-hydrogen) atoms. The molecule has 0 aliphatic heterocycles. The van der Waals surface area contributed by atoms with Crippen molar-refractivity contribution in [2.75, 3.05) is 12.3 Å². The maximum absolute atomic E-state index is 12.7. The fourth-order valence-corrected chi connectivity index (χ4v) is 4.78. The molecule has 3 heterocycles. The lowest BCUT2D eigenvalue weighted by atomic mass is 10.2. The van der Waals surface area contributed by atoms with Gasteiger partial charge in [-0.1, -0.05) is 17.8 Å². The number of amides is 1. The maximum Gasteiger partial charge on any atom is 0.405 e. The summed E-state index contributed by atoms with van der Waals surface area (Å²) in [6.45, 7) is -1.38. The first-order chi connectivity index (χ1) is 12.3. The molecule has 0 spiro atoms. The number of thiophene rings is 2. The van der Waals surface area contributed by atoms with Crippen molar-refractivity contribution in [3.63, 3.8) is 0 Å². The van der Waals surface area contributed by atoms with Gasteiger partial charge in [0.1, 0.15) is 11.4 Å². The van der Waals surface area contributed by atoms with E-state index in [9.17, 15) is 22.8 Å². The molecule has 0 aliphatic carbocycles. The van der Waals surface area contributed by atoms with Gasteiger partial charge in [0.05, 0.1) is 11.1 Å². The summed E-state index contributed by atoms with van der Waals surface area (Å²) in [5.74, 6) is -1.03. The number of nitrogens with one attached hydrogen (secondary N) is 1. The molecule has 0 radical (unpaired) electrons. The highest BCUT2D eigenvalue weighted by atomic mass is 32.2. The normalized spacial score (nSPS) is 11.8. The standard InChI is InChI=1S/C15H12F3N3O2S3/c1-21-13(23)11-8(9-3-2-4-24-9)5-25-12(11)20-14(21)26-6-10(22)19-7-15(16,17)18/h2-5H,6-7H2,1H3,(H,19,22). The van der Waals surface area contributed by atoms with Gasteiger partial charge in [-0.05, 0) is 11.4 Å². The van der Waals surface area contributed by atoms with E-state index in [1.807, 2.05) is 22.9 Å². The number of rotatable bonds is 5. The molecule has 0 fully saturated rings. The number of halogens is 3. The molecular formula is C15H12F3N3O2S3. The van der Waals surface area contributed by atoms with Crippen molar-refractivity contribution >= 4 is 50.6 Å². The van der Waals surface area contributed by atoms with Crippen LogP contribution in [0.1, 0.15) is 0 Å². The van der Waals surface area contributed by atoms with Crippen LogP contribution in [0.4, 0.5) is 13.2 Å². The average molecular weight is 419 g/mol. The summed E-state index contributed by atoms with van der Waals surface area (Å²) in [7, 11) is 1.53. The first-order valence-corrected chi connectivity index (χ1v) is 9.99. The molecule has 0 unspecified atom stereocenters. The van der Waals surface area contributed by atoms with Crippen LogP contribution in [0.25, 0.3) is 20.7 Å². The summed E-state index contributed by atoms with van der Waals surface area (Å²) in [4.78, 5) is 30.1. The molecule has 5 nitrogen and oxygen atoms in total. The lowest BCUT2D eigenvalue weighted by molar-refractivity contribution is -0.136. The van der Waals surface area contributed by atoms with Crippen LogP contribution < -0.4 is 10.9 Å². The van der Waals surface area contributed by atoms with Gasteiger partial charge >= 0.3 is 6.18 Å². The molecule has 1 amide bonds. The number of carbonyl (C=O) groups excluding carboxylic acids is 1. The summed E-state index contributed by atoms with van der Waals surface area (Å²) in [6.07, 6.45) is -4.46. The predicted molar refractivity (Wildman–Crippen MR) is 98.0 cm³/mol. The Bertz CT molecular complexity index is 993. The van der Waals surface area contributed by atoms with Crippen molar-refractivity contribution in [3.05, 3.63) is 33.2 Å². The predicted octanol–water partition coefficient (Wildman–Crippen LogP) is 3.49. The highest BCUT2D eigenvalue weighted by Gasteiger charge is 2.27. The molecule has 11 heteroatoms. The second-order valence-electron chi connectivity index (χ2n) is 5.25. The minimum atomic E-state index is -4.46. The lowest BCUT2D eigenvalue weighted by Gasteiger charge is -2.09. The Labute approximate surface area is 157 Å². The van der Waals surface area contributed by atoms with Gasteiger partial charge in [0.25, 0.3) is 5.56 Å². The number of fused-ring (bicyclic) bond motifs is 1. The third-order valence-corrected chi connectivity index (χ3v) is 6.18. The number of nitrogens with zero attached hydrogens (tertiary/aromatic N) is 2. The minimum Gasteiger partial charge on any atom is -0.346 e. The molecule has 3 rings (SSSR count). The first-order valence-electron chi connectivity index (χ1n) is 7.24. The summed E-state index contributed by atoms with van der Waals surface area (Å²) in [6, 6.07) is 3.81. The highest BCUT2D eigenvalue weighted by molar-refractivity contribution is 7.99. The van der Waals surface area contributed by atoms with Crippen molar-refractivity contribution in [3.8, 4) is 10.4 Å². The van der Waals surface area contributed by atoms with Crippen LogP contribution >= 0.6 is 34.4 Å². The summed E-state index contributed by atoms with van der Waals surface area (Å²) in [5, 5.41) is 6.35. The van der Waals surface area contributed by atoms with E-state index in [2.05, 4.69) is 4.98 Å². The second kappa shape index (κ2) is 7.41. The molecule has 0 aliphatic rings. The first kappa shape index (κ1) is 18.9. The number of thioether (sulfide) groups is 1. The van der Waals surface area contributed by atoms with Crippen LogP contribution in [0.5, 0.6) is 0 Å². The Balaban J connectivity index is 1.82. The summed E-state index contributed by atoms with van der Waals surface area (Å²) >= 11 is 3.76. The lowest BCUT2D eigenvalue weighted by Crippen LogP contribution is -2.34. The fourth-order valence-electron chi connectivity index (χ4n) is 2.18. The Morgan fingerprint density at radius 3 is 2.81 bits per heavy atom. The summed E-state index contributed by atoms with van der Waals surface area (Å²) < 4.78 is 37.7. The molecule has 0 saturated carbocycles. The van der Waals surface area contributed by atoms with Crippen molar-refractivity contribution < 1.29 is 18.0 Å². The molecule has 0 atom stereocenters. The number of alkyl halides is 3. The molecule has 0 saturated heterocycles. The summed E-state index contributed by atoms with van der Waals surface area (Å²) in [5.41, 5.74) is 0.561. The topological polar surface area (TPSA) is 64.0 Å². The zero-order chi connectivity index (χ0) is 18.9. The monoisotopic (exact) mass is 419 g/mol. The van der Waals surface area contributed by atoms with Crippen molar-refractivity contribution in [2.24, 2.45) is 7.05 Å². The molecule has 0 aromatic carbocycles. The maximum atomic E-state index is 12.7. The van der Waals surface area contributed by atoms with E-state index in [0.29, 0.717) is 10.2 Å². The van der Waals surface area contributed by atoms with E-state index >= 15 is 0 Å². The number of hydrogen-bond donors (Lipinski definition) is 1. The van der Waals surface area contributed by atoms with Gasteiger partial charge in [0, 0.05) is 22.9 Å². The van der Waals surface area contributed by atoms with E-state index < -0.39 is 18.6 Å². The van der Waals surface area contributed by atoms with Gasteiger partial charge in [-0.2, -0.15) is 13.2 Å². The fraction of sp³-hybridized carbons (Fsp3) is 0.267. The van der Waals surface area contributed by atoms with Crippen molar-refractivity contribution in [1.82, 2.24) is 14.9 Å². The van der Waals surface area contributed by atoms with Gasteiger partial charge in [0.15, 0.2) is 5.16 Å². The van der Waals surface area contributed by atoms with Gasteiger partial charge in [-0.25, -0.2) is 4.98 Å². The van der Waals surface area contributed by atoms with Crippen LogP contribution in [-0.2, 0) is 11.8 Å². The highest BCUT2D eigenvalue weighted by Crippen LogP contribution is 2.34. The van der Waals surface area contributed by atoms with E-state index in [1.54, 1.807) is 5.32 Å². The average Bonchev–Trinajstić information content (AvgIpc) is 3.23. The Hall–Kier alpha value is -1.85. The third kappa shape index (κ3) is 4.10. The molecular weight excluding hydrogens is 407 g/mol. The van der Waals surface area contributed by atoms with E-state index in [1.165, 1.54) is 34.3 Å². The van der Waals surface area contributed by atoms with Gasteiger partial charge in [-0.15, -0.1) is 22.7 Å². The number of carbonyl (C=O) groups is 1. The van der Waals surface area contributed by atoms with Crippen LogP contribution in [0.3, 0.4) is 0 Å². The van der Waals surface area contributed by atoms with Crippen LogP contribution in [0, 0.1) is 0 Å². The van der Waals surface area contributed by atoms with Gasteiger partial charge < -0.3 is 5.32 Å². The van der Waals surface area contributed by atoms with E-state index in [4.69, 9.17) is 0 Å². The quantitative estimate of drug-likeness (QED) is 0.508. The van der Waals surface area contributed by atoms with Crippen molar-refractivity contribution in [2.45, 2.75) is 11.3 Å². The minimum absolute atomic E-state index is 0.252. The van der Waals surface area contributed by atoms with E-state index in [-0.39, 0.29) is 16.5 Å². The third-order valence-electron chi connectivity index (χ3n) is 3.38. The number of hydrogen-bond acceptors (Lipinski definition) is 6. The molecule has 3 aromatic rings. The van der Waals surface area contributed by atoms with Crippen LogP contribution in [0.2, 0.25) is 0 Å². The molecule has 1 N–H and O–H groups in total. The van der Waals surface area contributed by atoms with Gasteiger partial charge in [-0.3, -0.25) is 14.2 Å². The van der Waals surface area contributed by atoms with Crippen LogP contribution in [-0.4, -0.2) is 33.9 Å². The largest absolute Gasteiger partial charge is 0.405 e. The Kier molecular flexibility index (Phi) is 5.39. The number of aromatic nitrogens is 2. The zero-order valence-electron chi connectivity index (χ0n) is 13.3. The second-order valence-corrected chi connectivity index (χ2v) is 7.99. The smallest absolute Gasteiger partial charge is 0.346 e. The Morgan fingerprint density at radius 1 is 1.38 bits per heavy atom. The molecule has 3 aromatic heterocycles. The Morgan fingerprint density at radius 2 is 2.15 bits per heavy atom. The van der Waals surface area contributed by atoms with Crippen LogP contribution in [0.15, 0.2) is 32.8 Å².